The first-order valence-electron chi connectivity index (χ1n) is 4.79. The molecule has 0 aromatic carbocycles. The first-order valence-corrected chi connectivity index (χ1v) is 7.50. The smallest absolute Gasteiger partial charge is 0.304 e. The van der Waals surface area contributed by atoms with Crippen LogP contribution in [0.25, 0.3) is 4.96 Å². The van der Waals surface area contributed by atoms with Gasteiger partial charge < -0.3 is 5.11 Å². The number of hydrogen-bond acceptors (Lipinski definition) is 5. The summed E-state index contributed by atoms with van der Waals surface area (Å²) < 4.78 is 24.9. The molecule has 0 aliphatic heterocycles. The van der Waals surface area contributed by atoms with Crippen molar-refractivity contribution < 1.29 is 18.3 Å². The number of sulfone groups is 1. The van der Waals surface area contributed by atoms with Crippen LogP contribution in [0.2, 0.25) is 0 Å². The van der Waals surface area contributed by atoms with E-state index in [-0.39, 0.29) is 17.9 Å². The molecule has 0 aliphatic rings. The number of carboxylic acid groups (broad SMARTS) is 1. The Morgan fingerprint density at radius 2 is 2.29 bits per heavy atom. The first kappa shape index (κ1) is 12.1. The summed E-state index contributed by atoms with van der Waals surface area (Å²) in [6, 6.07) is 0. The van der Waals surface area contributed by atoms with Crippen molar-refractivity contribution in [2.75, 3.05) is 5.75 Å². The zero-order chi connectivity index (χ0) is 12.5. The minimum absolute atomic E-state index is 0.214. The average Bonchev–Trinajstić information content (AvgIpc) is 2.74. The standard InChI is InChI=1S/C9H10N2O4S2/c12-8(13)1-4-17(14,15)6-7-5-11-2-3-16-9(11)10-7/h2-3,5H,1,4,6H2,(H,12,13). The molecule has 0 radical (unpaired) electrons. The van der Waals surface area contributed by atoms with Crippen molar-refractivity contribution in [2.24, 2.45) is 0 Å². The Labute approximate surface area is 101 Å². The van der Waals surface area contributed by atoms with Gasteiger partial charge in [-0.2, -0.15) is 0 Å². The molecule has 2 rings (SSSR count). The van der Waals surface area contributed by atoms with Gasteiger partial charge in [-0.05, 0) is 0 Å². The highest BCUT2D eigenvalue weighted by Gasteiger charge is 2.16. The summed E-state index contributed by atoms with van der Waals surface area (Å²) in [6.07, 6.45) is 3.06. The molecule has 0 saturated carbocycles. The molecular formula is C9H10N2O4S2. The van der Waals surface area contributed by atoms with Gasteiger partial charge >= 0.3 is 5.97 Å². The fourth-order valence-corrected chi connectivity index (χ4v) is 3.32. The number of aromatic nitrogens is 2. The van der Waals surface area contributed by atoms with Crippen molar-refractivity contribution in [2.45, 2.75) is 12.2 Å². The van der Waals surface area contributed by atoms with Crippen LogP contribution < -0.4 is 0 Å². The lowest BCUT2D eigenvalue weighted by molar-refractivity contribution is -0.136. The Hall–Kier alpha value is -1.41. The van der Waals surface area contributed by atoms with Crippen molar-refractivity contribution in [1.29, 1.82) is 0 Å². The van der Waals surface area contributed by atoms with Gasteiger partial charge in [0.15, 0.2) is 14.8 Å². The maximum Gasteiger partial charge on any atom is 0.304 e. The number of fused-ring (bicyclic) bond motifs is 1. The Morgan fingerprint density at radius 1 is 1.53 bits per heavy atom. The first-order chi connectivity index (χ1) is 7.96. The third kappa shape index (κ3) is 3.04. The lowest BCUT2D eigenvalue weighted by atomic mass is 10.5. The van der Waals surface area contributed by atoms with Crippen LogP contribution in [0.3, 0.4) is 0 Å². The molecule has 1 N–H and O–H groups in total. The van der Waals surface area contributed by atoms with Crippen LogP contribution in [0.15, 0.2) is 17.8 Å². The second kappa shape index (κ2) is 4.46. The van der Waals surface area contributed by atoms with Crippen molar-refractivity contribution in [3.05, 3.63) is 23.5 Å². The lowest BCUT2D eigenvalue weighted by Gasteiger charge is -1.99. The van der Waals surface area contributed by atoms with Gasteiger partial charge in [-0.3, -0.25) is 9.20 Å². The number of aliphatic carboxylic acids is 1. The highest BCUT2D eigenvalue weighted by Crippen LogP contribution is 2.13. The van der Waals surface area contributed by atoms with E-state index in [0.717, 1.165) is 4.96 Å². The SMILES string of the molecule is O=C(O)CCS(=O)(=O)Cc1cn2ccsc2n1. The van der Waals surface area contributed by atoms with Crippen molar-refractivity contribution in [3.63, 3.8) is 0 Å². The molecule has 0 atom stereocenters. The molecule has 17 heavy (non-hydrogen) atoms. The minimum Gasteiger partial charge on any atom is -0.481 e. The third-order valence-corrected chi connectivity index (χ3v) is 4.47. The van der Waals surface area contributed by atoms with Gasteiger partial charge in [-0.15, -0.1) is 11.3 Å². The van der Waals surface area contributed by atoms with Crippen LogP contribution in [-0.4, -0.2) is 34.6 Å². The van der Waals surface area contributed by atoms with E-state index in [4.69, 9.17) is 5.11 Å². The average molecular weight is 274 g/mol. The summed E-state index contributed by atoms with van der Waals surface area (Å²) in [4.78, 5) is 15.2. The van der Waals surface area contributed by atoms with Gasteiger partial charge in [0, 0.05) is 17.8 Å². The highest BCUT2D eigenvalue weighted by atomic mass is 32.2. The van der Waals surface area contributed by atoms with Crippen LogP contribution in [-0.2, 0) is 20.4 Å². The molecule has 2 aromatic heterocycles. The number of carboxylic acids is 1. The maximum atomic E-state index is 11.6. The van der Waals surface area contributed by atoms with E-state index in [1.165, 1.54) is 11.3 Å². The van der Waals surface area contributed by atoms with Crippen LogP contribution in [0.4, 0.5) is 0 Å². The normalized spacial score (nSPS) is 12.0. The minimum atomic E-state index is -3.41. The van der Waals surface area contributed by atoms with Crippen LogP contribution >= 0.6 is 11.3 Å². The van der Waals surface area contributed by atoms with E-state index in [1.807, 2.05) is 5.38 Å². The van der Waals surface area contributed by atoms with Gasteiger partial charge in [-0.1, -0.05) is 0 Å². The summed E-state index contributed by atoms with van der Waals surface area (Å²) in [6.45, 7) is 0. The van der Waals surface area contributed by atoms with Crippen molar-refractivity contribution in [3.8, 4) is 0 Å². The van der Waals surface area contributed by atoms with Gasteiger partial charge in [0.05, 0.1) is 23.6 Å². The van der Waals surface area contributed by atoms with Crippen LogP contribution in [0, 0.1) is 0 Å². The Kier molecular flexibility index (Phi) is 3.16. The van der Waals surface area contributed by atoms with Crippen molar-refractivity contribution in [1.82, 2.24) is 9.38 Å². The molecule has 2 heterocycles. The number of carbonyl (C=O) groups is 1. The summed E-state index contributed by atoms with van der Waals surface area (Å²) in [7, 11) is -3.41. The molecule has 0 unspecified atom stereocenters. The van der Waals surface area contributed by atoms with Crippen LogP contribution in [0.1, 0.15) is 12.1 Å². The Morgan fingerprint density at radius 3 is 2.94 bits per heavy atom. The van der Waals surface area contributed by atoms with Gasteiger partial charge in [0.1, 0.15) is 0 Å². The quantitative estimate of drug-likeness (QED) is 0.870. The van der Waals surface area contributed by atoms with E-state index in [1.54, 1.807) is 16.8 Å². The van der Waals surface area contributed by atoms with E-state index in [9.17, 15) is 13.2 Å². The number of rotatable bonds is 5. The van der Waals surface area contributed by atoms with E-state index >= 15 is 0 Å². The summed E-state index contributed by atoms with van der Waals surface area (Å²) >= 11 is 1.42. The summed E-state index contributed by atoms with van der Waals surface area (Å²) in [5, 5.41) is 10.3. The molecule has 6 nitrogen and oxygen atoms in total. The van der Waals surface area contributed by atoms with Gasteiger partial charge in [0.25, 0.3) is 0 Å². The zero-order valence-corrected chi connectivity index (χ0v) is 10.4. The maximum absolute atomic E-state index is 11.6. The molecule has 0 bridgehead atoms. The predicted octanol–water partition coefficient (Wildman–Crippen LogP) is 0.785. The number of thiazole rings is 1. The molecule has 0 spiro atoms. The Bertz CT molecular complexity index is 612. The molecule has 0 fully saturated rings. The largest absolute Gasteiger partial charge is 0.481 e. The van der Waals surface area contributed by atoms with Crippen LogP contribution in [0.5, 0.6) is 0 Å². The predicted molar refractivity (Wildman–Crippen MR) is 62.8 cm³/mol. The van der Waals surface area contributed by atoms with E-state index in [2.05, 4.69) is 4.98 Å². The summed E-state index contributed by atoms with van der Waals surface area (Å²) in [5.41, 5.74) is 0.447. The highest BCUT2D eigenvalue weighted by molar-refractivity contribution is 7.90. The third-order valence-electron chi connectivity index (χ3n) is 2.14. The molecule has 8 heteroatoms. The molecule has 0 amide bonds. The zero-order valence-electron chi connectivity index (χ0n) is 8.74. The molecule has 0 saturated heterocycles. The van der Waals surface area contributed by atoms with Gasteiger partial charge in [-0.25, -0.2) is 13.4 Å². The Balaban J connectivity index is 2.10. The number of nitrogens with zero attached hydrogens (tertiary/aromatic N) is 2. The lowest BCUT2D eigenvalue weighted by Crippen LogP contribution is -2.13. The monoisotopic (exact) mass is 274 g/mol. The van der Waals surface area contributed by atoms with Crippen molar-refractivity contribution >= 4 is 32.1 Å². The number of hydrogen-bond donors (Lipinski definition) is 1. The second-order valence-corrected chi connectivity index (χ2v) is 6.62. The van der Waals surface area contributed by atoms with E-state index < -0.39 is 15.8 Å². The number of imidazole rings is 1. The fraction of sp³-hybridized carbons (Fsp3) is 0.333. The second-order valence-electron chi connectivity index (χ2n) is 3.56. The summed E-state index contributed by atoms with van der Waals surface area (Å²) in [5.74, 6) is -1.68. The molecule has 2 aromatic rings. The van der Waals surface area contributed by atoms with Gasteiger partial charge in [0.2, 0.25) is 0 Å². The molecule has 92 valence electrons. The molecular weight excluding hydrogens is 264 g/mol. The fourth-order valence-electron chi connectivity index (χ4n) is 1.39. The molecule has 0 aliphatic carbocycles. The van der Waals surface area contributed by atoms with E-state index in [0.29, 0.717) is 5.69 Å². The topological polar surface area (TPSA) is 88.7 Å².